The maximum absolute atomic E-state index is 12.4. The first kappa shape index (κ1) is 18.1. The maximum atomic E-state index is 12.4. The fourth-order valence-electron chi connectivity index (χ4n) is 3.30. The van der Waals surface area contributed by atoms with E-state index in [0.717, 1.165) is 37.6 Å². The van der Waals surface area contributed by atoms with E-state index in [1.165, 1.54) is 4.90 Å². The van der Waals surface area contributed by atoms with E-state index in [-0.39, 0.29) is 5.91 Å². The molecule has 0 saturated carbocycles. The van der Waals surface area contributed by atoms with E-state index < -0.39 is 0 Å². The molecule has 1 heterocycles. The van der Waals surface area contributed by atoms with Crippen LogP contribution in [0.4, 0.5) is 11.4 Å². The lowest BCUT2D eigenvalue weighted by molar-refractivity contribution is -0.892. The summed E-state index contributed by atoms with van der Waals surface area (Å²) >= 11 is 0. The fraction of sp³-hybridized carbons (Fsp3) is 0.350. The molecule has 1 saturated heterocycles. The Morgan fingerprint density at radius 2 is 1.62 bits per heavy atom. The van der Waals surface area contributed by atoms with E-state index >= 15 is 0 Å². The van der Waals surface area contributed by atoms with Crippen LogP contribution in [0.25, 0.3) is 0 Å². The number of nitrogens with one attached hydrogen (secondary N) is 2. The predicted molar refractivity (Wildman–Crippen MR) is 102 cm³/mol. The third-order valence-corrected chi connectivity index (χ3v) is 4.69. The van der Waals surface area contributed by atoms with Crippen molar-refractivity contribution in [1.82, 2.24) is 0 Å². The number of para-hydroxylation sites is 4. The molecule has 0 atom stereocenters. The van der Waals surface area contributed by atoms with Crippen molar-refractivity contribution in [3.05, 3.63) is 48.5 Å². The molecule has 0 aliphatic carbocycles. The van der Waals surface area contributed by atoms with Crippen molar-refractivity contribution < 1.29 is 19.2 Å². The monoisotopic (exact) mass is 356 g/mol. The SMILES string of the molecule is COc1ccccc1NC(=O)C[NH+]1CCN(c2ccccc2OC)CC1. The fourth-order valence-corrected chi connectivity index (χ4v) is 3.30. The van der Waals surface area contributed by atoms with Crippen LogP contribution in [-0.4, -0.2) is 52.9 Å². The average Bonchev–Trinajstić information content (AvgIpc) is 2.69. The molecule has 1 amide bonds. The van der Waals surface area contributed by atoms with Crippen molar-refractivity contribution >= 4 is 17.3 Å². The van der Waals surface area contributed by atoms with Crippen LogP contribution in [0.5, 0.6) is 11.5 Å². The van der Waals surface area contributed by atoms with Crippen LogP contribution in [0, 0.1) is 0 Å². The van der Waals surface area contributed by atoms with Gasteiger partial charge in [-0.1, -0.05) is 24.3 Å². The molecule has 2 aromatic carbocycles. The van der Waals surface area contributed by atoms with Crippen molar-refractivity contribution in [1.29, 1.82) is 0 Å². The van der Waals surface area contributed by atoms with E-state index in [1.54, 1.807) is 14.2 Å². The molecule has 3 rings (SSSR count). The van der Waals surface area contributed by atoms with Crippen LogP contribution in [0.15, 0.2) is 48.5 Å². The van der Waals surface area contributed by atoms with Crippen LogP contribution in [-0.2, 0) is 4.79 Å². The second kappa shape index (κ2) is 8.58. The molecule has 1 aliphatic heterocycles. The van der Waals surface area contributed by atoms with Gasteiger partial charge >= 0.3 is 0 Å². The van der Waals surface area contributed by atoms with Gasteiger partial charge in [-0.25, -0.2) is 0 Å². The molecule has 2 N–H and O–H groups in total. The number of anilines is 2. The summed E-state index contributed by atoms with van der Waals surface area (Å²) in [6, 6.07) is 15.5. The lowest BCUT2D eigenvalue weighted by Gasteiger charge is -2.34. The second-order valence-corrected chi connectivity index (χ2v) is 6.33. The lowest BCUT2D eigenvalue weighted by Crippen LogP contribution is -3.15. The highest BCUT2D eigenvalue weighted by molar-refractivity contribution is 5.92. The van der Waals surface area contributed by atoms with Gasteiger partial charge in [-0.2, -0.15) is 0 Å². The Kier molecular flexibility index (Phi) is 5.96. The first-order valence-electron chi connectivity index (χ1n) is 8.85. The number of carbonyl (C=O) groups excluding carboxylic acids is 1. The van der Waals surface area contributed by atoms with Gasteiger partial charge in [0.2, 0.25) is 0 Å². The van der Waals surface area contributed by atoms with E-state index in [2.05, 4.69) is 16.3 Å². The van der Waals surface area contributed by atoms with Crippen molar-refractivity contribution in [2.75, 3.05) is 57.2 Å². The first-order valence-corrected chi connectivity index (χ1v) is 8.85. The highest BCUT2D eigenvalue weighted by Gasteiger charge is 2.24. The van der Waals surface area contributed by atoms with Gasteiger partial charge in [-0.15, -0.1) is 0 Å². The number of quaternary nitrogens is 1. The zero-order chi connectivity index (χ0) is 18.4. The molecule has 6 nitrogen and oxygen atoms in total. The number of carbonyl (C=O) groups is 1. The number of amides is 1. The first-order chi connectivity index (χ1) is 12.7. The summed E-state index contributed by atoms with van der Waals surface area (Å²) in [5.41, 5.74) is 1.83. The molecule has 0 radical (unpaired) electrons. The van der Waals surface area contributed by atoms with Crippen LogP contribution in [0.3, 0.4) is 0 Å². The predicted octanol–water partition coefficient (Wildman–Crippen LogP) is 1.05. The summed E-state index contributed by atoms with van der Waals surface area (Å²) in [5, 5.41) is 2.95. The van der Waals surface area contributed by atoms with Gasteiger partial charge in [0.05, 0.1) is 51.8 Å². The Morgan fingerprint density at radius 3 is 2.31 bits per heavy atom. The molecule has 6 heteroatoms. The molecule has 1 fully saturated rings. The standard InChI is InChI=1S/C20H25N3O3/c1-25-18-9-5-3-7-16(18)21-20(24)15-22-11-13-23(14-12-22)17-8-4-6-10-19(17)26-2/h3-10H,11-15H2,1-2H3,(H,21,24)/p+1. The van der Waals surface area contributed by atoms with Crippen molar-refractivity contribution in [3.63, 3.8) is 0 Å². The Bertz CT molecular complexity index is 743. The maximum Gasteiger partial charge on any atom is 0.279 e. The molecule has 138 valence electrons. The normalized spacial score (nSPS) is 14.8. The number of piperazine rings is 1. The number of nitrogens with zero attached hydrogens (tertiary/aromatic N) is 1. The summed E-state index contributed by atoms with van der Waals surface area (Å²) in [5.74, 6) is 1.58. The van der Waals surface area contributed by atoms with Gasteiger partial charge in [0.25, 0.3) is 5.91 Å². The molecule has 2 aromatic rings. The van der Waals surface area contributed by atoms with Gasteiger partial charge in [0.1, 0.15) is 11.5 Å². The van der Waals surface area contributed by atoms with E-state index in [4.69, 9.17) is 9.47 Å². The molecule has 26 heavy (non-hydrogen) atoms. The molecule has 1 aliphatic rings. The topological polar surface area (TPSA) is 55.2 Å². The van der Waals surface area contributed by atoms with Crippen LogP contribution >= 0.6 is 0 Å². The Morgan fingerprint density at radius 1 is 1.00 bits per heavy atom. The minimum Gasteiger partial charge on any atom is -0.495 e. The lowest BCUT2D eigenvalue weighted by atomic mass is 10.2. The molecular formula is C20H26N3O3+. The smallest absolute Gasteiger partial charge is 0.279 e. The van der Waals surface area contributed by atoms with Crippen LogP contribution in [0.2, 0.25) is 0 Å². The van der Waals surface area contributed by atoms with E-state index in [9.17, 15) is 4.79 Å². The molecular weight excluding hydrogens is 330 g/mol. The minimum absolute atomic E-state index is 0.00948. The van der Waals surface area contributed by atoms with Crippen molar-refractivity contribution in [2.45, 2.75) is 0 Å². The minimum atomic E-state index is 0.00948. The zero-order valence-corrected chi connectivity index (χ0v) is 15.3. The van der Waals surface area contributed by atoms with Gasteiger partial charge in [-0.3, -0.25) is 4.79 Å². The number of hydrogen-bond donors (Lipinski definition) is 2. The number of ether oxygens (including phenoxy) is 2. The van der Waals surface area contributed by atoms with Gasteiger partial charge < -0.3 is 24.6 Å². The largest absolute Gasteiger partial charge is 0.495 e. The molecule has 0 bridgehead atoms. The van der Waals surface area contributed by atoms with Crippen LogP contribution in [0.1, 0.15) is 0 Å². The summed E-state index contributed by atoms with van der Waals surface area (Å²) in [6.07, 6.45) is 0. The number of hydrogen-bond acceptors (Lipinski definition) is 4. The molecule has 0 aromatic heterocycles. The summed E-state index contributed by atoms with van der Waals surface area (Å²) in [4.78, 5) is 16.0. The molecule has 0 unspecified atom stereocenters. The van der Waals surface area contributed by atoms with Gasteiger partial charge in [0.15, 0.2) is 6.54 Å². The quantitative estimate of drug-likeness (QED) is 0.812. The van der Waals surface area contributed by atoms with Gasteiger partial charge in [0, 0.05) is 0 Å². The number of benzene rings is 2. The van der Waals surface area contributed by atoms with Crippen LogP contribution < -0.4 is 24.6 Å². The average molecular weight is 356 g/mol. The highest BCUT2D eigenvalue weighted by Crippen LogP contribution is 2.27. The van der Waals surface area contributed by atoms with Crippen molar-refractivity contribution in [3.8, 4) is 11.5 Å². The molecule has 0 spiro atoms. The van der Waals surface area contributed by atoms with E-state index in [1.807, 2.05) is 42.5 Å². The summed E-state index contributed by atoms with van der Waals surface area (Å²) in [7, 11) is 3.30. The number of rotatable bonds is 6. The third-order valence-electron chi connectivity index (χ3n) is 4.69. The Balaban J connectivity index is 1.53. The zero-order valence-electron chi connectivity index (χ0n) is 15.3. The van der Waals surface area contributed by atoms with E-state index in [0.29, 0.717) is 18.0 Å². The van der Waals surface area contributed by atoms with Crippen molar-refractivity contribution in [2.24, 2.45) is 0 Å². The Labute approximate surface area is 154 Å². The summed E-state index contributed by atoms with van der Waals surface area (Å²) in [6.45, 7) is 4.09. The highest BCUT2D eigenvalue weighted by atomic mass is 16.5. The third kappa shape index (κ3) is 4.26. The van der Waals surface area contributed by atoms with Gasteiger partial charge in [-0.05, 0) is 24.3 Å². The number of methoxy groups -OCH3 is 2. The second-order valence-electron chi connectivity index (χ2n) is 6.33. The summed E-state index contributed by atoms with van der Waals surface area (Å²) < 4.78 is 10.7. The Hall–Kier alpha value is -2.73.